The van der Waals surface area contributed by atoms with Gasteiger partial charge >= 0.3 is 5.97 Å². The Hall–Kier alpha value is -1.11. The van der Waals surface area contributed by atoms with Gasteiger partial charge in [-0.15, -0.1) is 0 Å². The summed E-state index contributed by atoms with van der Waals surface area (Å²) in [6.45, 7) is 3.86. The average Bonchev–Trinajstić information content (AvgIpc) is 2.38. The highest BCUT2D eigenvalue weighted by Crippen LogP contribution is 2.23. The molecule has 0 amide bonds. The molecular weight excluding hydrogens is 314 g/mol. The molecule has 1 atom stereocenters. The zero-order valence-electron chi connectivity index (χ0n) is 12.1. The monoisotopic (exact) mass is 333 g/mol. The molecule has 0 saturated carbocycles. The van der Waals surface area contributed by atoms with Crippen molar-refractivity contribution >= 4 is 27.6 Å². The van der Waals surface area contributed by atoms with Gasteiger partial charge in [0.15, 0.2) is 0 Å². The van der Waals surface area contributed by atoms with Gasteiger partial charge in [0, 0.05) is 6.04 Å². The molecule has 0 aromatic heterocycles. The van der Waals surface area contributed by atoms with Crippen molar-refractivity contribution in [2.75, 3.05) is 0 Å². The maximum atomic E-state index is 12.3. The second kappa shape index (κ2) is 7.77. The van der Waals surface area contributed by atoms with Gasteiger partial charge in [-0.05, 0) is 31.5 Å². The van der Waals surface area contributed by atoms with Crippen molar-refractivity contribution in [1.29, 1.82) is 0 Å². The van der Waals surface area contributed by atoms with E-state index in [0.717, 1.165) is 31.7 Å². The van der Waals surface area contributed by atoms with Gasteiger partial charge in [0.05, 0.1) is 10.6 Å². The minimum atomic E-state index is -3.83. The van der Waals surface area contributed by atoms with Crippen molar-refractivity contribution in [2.24, 2.45) is 0 Å². The van der Waals surface area contributed by atoms with Gasteiger partial charge in [-0.2, -0.15) is 0 Å². The lowest BCUT2D eigenvalue weighted by atomic mass is 10.1. The summed E-state index contributed by atoms with van der Waals surface area (Å²) in [7, 11) is -3.83. The van der Waals surface area contributed by atoms with E-state index in [0.29, 0.717) is 0 Å². The normalized spacial score (nSPS) is 13.1. The fourth-order valence-electron chi connectivity index (χ4n) is 1.93. The van der Waals surface area contributed by atoms with Gasteiger partial charge in [0.2, 0.25) is 10.0 Å². The van der Waals surface area contributed by atoms with Crippen LogP contribution >= 0.6 is 11.6 Å². The van der Waals surface area contributed by atoms with Crippen molar-refractivity contribution in [3.8, 4) is 0 Å². The third-order valence-corrected chi connectivity index (χ3v) is 5.14. The number of carboxylic acids is 1. The van der Waals surface area contributed by atoms with Gasteiger partial charge in [-0.25, -0.2) is 17.9 Å². The Kier molecular flexibility index (Phi) is 6.64. The van der Waals surface area contributed by atoms with Crippen LogP contribution in [0.5, 0.6) is 0 Å². The molecule has 0 heterocycles. The summed E-state index contributed by atoms with van der Waals surface area (Å²) in [6.07, 6.45) is 3.76. The molecule has 0 aliphatic carbocycles. The lowest BCUT2D eigenvalue weighted by Crippen LogP contribution is -2.32. The van der Waals surface area contributed by atoms with Crippen LogP contribution < -0.4 is 4.72 Å². The van der Waals surface area contributed by atoms with E-state index in [1.807, 2.05) is 0 Å². The van der Waals surface area contributed by atoms with Crippen LogP contribution in [-0.2, 0) is 10.0 Å². The Morgan fingerprint density at radius 3 is 2.62 bits per heavy atom. The third kappa shape index (κ3) is 5.30. The zero-order valence-corrected chi connectivity index (χ0v) is 13.7. The number of hydrogen-bond donors (Lipinski definition) is 2. The Bertz CT molecular complexity index is 601. The standard InChI is InChI=1S/C14H20ClNO4S/c1-3-4-5-6-10(2)16-21(19,20)13-9-11(14(17)18)7-8-12(13)15/h7-10,16H,3-6H2,1-2H3,(H,17,18). The van der Waals surface area contributed by atoms with Crippen molar-refractivity contribution < 1.29 is 18.3 Å². The second-order valence-electron chi connectivity index (χ2n) is 4.97. The second-order valence-corrected chi connectivity index (χ2v) is 7.06. The number of benzene rings is 1. The molecule has 5 nitrogen and oxygen atoms in total. The molecule has 1 aromatic carbocycles. The van der Waals surface area contributed by atoms with Gasteiger partial charge in [0.1, 0.15) is 4.90 Å². The van der Waals surface area contributed by atoms with E-state index in [9.17, 15) is 13.2 Å². The first kappa shape index (κ1) is 17.9. The molecule has 0 radical (unpaired) electrons. The van der Waals surface area contributed by atoms with E-state index in [1.165, 1.54) is 12.1 Å². The topological polar surface area (TPSA) is 83.5 Å². The van der Waals surface area contributed by atoms with Crippen LogP contribution in [0.3, 0.4) is 0 Å². The van der Waals surface area contributed by atoms with Crippen LogP contribution in [0.4, 0.5) is 0 Å². The van der Waals surface area contributed by atoms with Crippen LogP contribution in [0.25, 0.3) is 0 Å². The predicted molar refractivity (Wildman–Crippen MR) is 82.3 cm³/mol. The first-order chi connectivity index (χ1) is 9.77. The van der Waals surface area contributed by atoms with Crippen molar-refractivity contribution in [2.45, 2.75) is 50.5 Å². The molecule has 1 rings (SSSR count). The number of rotatable bonds is 8. The number of aromatic carboxylic acids is 1. The SMILES string of the molecule is CCCCCC(C)NS(=O)(=O)c1cc(C(=O)O)ccc1Cl. The smallest absolute Gasteiger partial charge is 0.335 e. The fraction of sp³-hybridized carbons (Fsp3) is 0.500. The lowest BCUT2D eigenvalue weighted by molar-refractivity contribution is 0.0696. The van der Waals surface area contributed by atoms with Crippen LogP contribution in [-0.4, -0.2) is 25.5 Å². The van der Waals surface area contributed by atoms with Crippen LogP contribution in [0.2, 0.25) is 5.02 Å². The highest BCUT2D eigenvalue weighted by Gasteiger charge is 2.21. The van der Waals surface area contributed by atoms with Gasteiger partial charge < -0.3 is 5.11 Å². The Morgan fingerprint density at radius 1 is 1.38 bits per heavy atom. The van der Waals surface area contributed by atoms with E-state index >= 15 is 0 Å². The zero-order chi connectivity index (χ0) is 16.0. The van der Waals surface area contributed by atoms with E-state index in [2.05, 4.69) is 11.6 Å². The Balaban J connectivity index is 2.92. The van der Waals surface area contributed by atoms with E-state index < -0.39 is 16.0 Å². The summed E-state index contributed by atoms with van der Waals surface area (Å²) < 4.78 is 27.1. The molecule has 0 spiro atoms. The summed E-state index contributed by atoms with van der Waals surface area (Å²) in [5, 5.41) is 8.94. The number of carbonyl (C=O) groups is 1. The maximum Gasteiger partial charge on any atom is 0.335 e. The summed E-state index contributed by atoms with van der Waals surface area (Å²) in [6, 6.07) is 3.40. The molecule has 7 heteroatoms. The van der Waals surface area contributed by atoms with Crippen LogP contribution in [0.15, 0.2) is 23.1 Å². The quantitative estimate of drug-likeness (QED) is 0.715. The minimum Gasteiger partial charge on any atom is -0.478 e. The molecule has 0 aliphatic heterocycles. The number of sulfonamides is 1. The molecule has 0 bridgehead atoms. The highest BCUT2D eigenvalue weighted by atomic mass is 35.5. The fourth-order valence-corrected chi connectivity index (χ4v) is 3.73. The molecule has 0 fully saturated rings. The maximum absolute atomic E-state index is 12.3. The first-order valence-corrected chi connectivity index (χ1v) is 8.69. The molecule has 0 saturated heterocycles. The minimum absolute atomic E-state index is 0.00765. The molecule has 2 N–H and O–H groups in total. The number of hydrogen-bond acceptors (Lipinski definition) is 3. The van der Waals surface area contributed by atoms with Crippen molar-refractivity contribution in [1.82, 2.24) is 4.72 Å². The summed E-state index contributed by atoms with van der Waals surface area (Å²) in [5.41, 5.74) is -0.113. The molecule has 1 aromatic rings. The number of carboxylic acid groups (broad SMARTS) is 1. The van der Waals surface area contributed by atoms with Gasteiger partial charge in [0.25, 0.3) is 0 Å². The number of nitrogens with one attached hydrogen (secondary N) is 1. The molecule has 21 heavy (non-hydrogen) atoms. The summed E-state index contributed by atoms with van der Waals surface area (Å²) >= 11 is 5.88. The van der Waals surface area contributed by atoms with Crippen molar-refractivity contribution in [3.63, 3.8) is 0 Å². The first-order valence-electron chi connectivity index (χ1n) is 6.83. The van der Waals surface area contributed by atoms with E-state index in [4.69, 9.17) is 16.7 Å². The van der Waals surface area contributed by atoms with Gasteiger partial charge in [-0.3, -0.25) is 0 Å². The summed E-state index contributed by atoms with van der Waals surface area (Å²) in [5.74, 6) is -1.20. The van der Waals surface area contributed by atoms with E-state index in [-0.39, 0.29) is 21.5 Å². The molecular formula is C14H20ClNO4S. The van der Waals surface area contributed by atoms with Crippen LogP contribution in [0.1, 0.15) is 49.9 Å². The largest absolute Gasteiger partial charge is 0.478 e. The molecule has 118 valence electrons. The predicted octanol–water partition coefficient (Wildman–Crippen LogP) is 3.29. The molecule has 0 aliphatic rings. The lowest BCUT2D eigenvalue weighted by Gasteiger charge is -2.15. The highest BCUT2D eigenvalue weighted by molar-refractivity contribution is 7.89. The number of halogens is 1. The summed E-state index contributed by atoms with van der Waals surface area (Å²) in [4.78, 5) is 10.7. The Labute approximate surface area is 130 Å². The third-order valence-electron chi connectivity index (χ3n) is 3.06. The van der Waals surface area contributed by atoms with Crippen molar-refractivity contribution in [3.05, 3.63) is 28.8 Å². The van der Waals surface area contributed by atoms with Crippen LogP contribution in [0, 0.1) is 0 Å². The van der Waals surface area contributed by atoms with E-state index in [1.54, 1.807) is 6.92 Å². The molecule has 1 unspecified atom stereocenters. The average molecular weight is 334 g/mol. The number of unbranched alkanes of at least 4 members (excludes halogenated alkanes) is 2. The Morgan fingerprint density at radius 2 is 2.05 bits per heavy atom. The van der Waals surface area contributed by atoms with Gasteiger partial charge in [-0.1, -0.05) is 37.8 Å².